The minimum absolute atomic E-state index is 0.0536. The molecule has 2 aliphatic rings. The number of rotatable bonds is 5. The van der Waals surface area contributed by atoms with Gasteiger partial charge in [0.05, 0.1) is 5.75 Å². The van der Waals surface area contributed by atoms with Crippen LogP contribution in [-0.4, -0.2) is 48.9 Å². The molecule has 1 unspecified atom stereocenters. The first-order valence-electron chi connectivity index (χ1n) is 8.45. The highest BCUT2D eigenvalue weighted by Crippen LogP contribution is 2.22. The molecule has 3 rings (SSSR count). The molecule has 0 aliphatic carbocycles. The van der Waals surface area contributed by atoms with Gasteiger partial charge in [0, 0.05) is 13.0 Å². The summed E-state index contributed by atoms with van der Waals surface area (Å²) in [6.45, 7) is 4.30. The van der Waals surface area contributed by atoms with E-state index in [0.717, 1.165) is 43.1 Å². The van der Waals surface area contributed by atoms with Crippen LogP contribution in [0.1, 0.15) is 45.4 Å². The van der Waals surface area contributed by atoms with E-state index in [2.05, 4.69) is 20.9 Å². The van der Waals surface area contributed by atoms with Crippen molar-refractivity contribution in [1.29, 1.82) is 0 Å². The maximum atomic E-state index is 12.3. The number of carbonyl (C=O) groups excluding carboxylic acids is 3. The van der Waals surface area contributed by atoms with Crippen LogP contribution in [-0.2, 0) is 22.6 Å². The van der Waals surface area contributed by atoms with Crippen LogP contribution in [0.25, 0.3) is 0 Å². The van der Waals surface area contributed by atoms with Crippen molar-refractivity contribution in [3.8, 4) is 0 Å². The molecule has 9 nitrogen and oxygen atoms in total. The number of hydrogen-bond donors (Lipinski definition) is 2. The third-order valence-electron chi connectivity index (χ3n) is 4.61. The molecule has 0 aromatic carbocycles. The van der Waals surface area contributed by atoms with Crippen molar-refractivity contribution in [3.63, 3.8) is 0 Å². The third kappa shape index (κ3) is 3.48. The number of aryl methyl sites for hydroxylation is 1. The third-order valence-corrected chi connectivity index (χ3v) is 5.58. The van der Waals surface area contributed by atoms with E-state index < -0.39 is 23.4 Å². The number of nitrogens with zero attached hydrogens (tertiary/aromatic N) is 4. The number of amides is 4. The zero-order chi connectivity index (χ0) is 18.0. The molecule has 25 heavy (non-hydrogen) atoms. The van der Waals surface area contributed by atoms with Crippen LogP contribution in [0.4, 0.5) is 4.79 Å². The van der Waals surface area contributed by atoms with Crippen molar-refractivity contribution in [2.24, 2.45) is 0 Å². The van der Waals surface area contributed by atoms with Crippen molar-refractivity contribution in [1.82, 2.24) is 30.5 Å². The van der Waals surface area contributed by atoms with E-state index in [1.165, 1.54) is 11.8 Å². The largest absolute Gasteiger partial charge is 0.344 e. The van der Waals surface area contributed by atoms with Gasteiger partial charge in [-0.1, -0.05) is 25.1 Å². The fraction of sp³-hybridized carbons (Fsp3) is 0.667. The number of carbonyl (C=O) groups is 3. The quantitative estimate of drug-likeness (QED) is 0.591. The fourth-order valence-corrected chi connectivity index (χ4v) is 3.65. The predicted octanol–water partition coefficient (Wildman–Crippen LogP) is 0.848. The zero-order valence-corrected chi connectivity index (χ0v) is 15.2. The molecule has 0 saturated carbocycles. The lowest BCUT2D eigenvalue weighted by Gasteiger charge is -2.19. The minimum atomic E-state index is -0.970. The van der Waals surface area contributed by atoms with E-state index in [-0.39, 0.29) is 5.75 Å². The summed E-state index contributed by atoms with van der Waals surface area (Å²) in [5, 5.41) is 12.4. The smallest absolute Gasteiger partial charge is 0.322 e. The van der Waals surface area contributed by atoms with Gasteiger partial charge in [0.2, 0.25) is 5.91 Å². The van der Waals surface area contributed by atoms with Gasteiger partial charge in [0.15, 0.2) is 5.16 Å². The van der Waals surface area contributed by atoms with Crippen LogP contribution in [0, 0.1) is 0 Å². The highest BCUT2D eigenvalue weighted by molar-refractivity contribution is 7.99. The van der Waals surface area contributed by atoms with Crippen molar-refractivity contribution >= 4 is 29.6 Å². The topological polar surface area (TPSA) is 109 Å². The second-order valence-corrected chi connectivity index (χ2v) is 7.38. The number of fused-ring (bicyclic) bond motifs is 1. The van der Waals surface area contributed by atoms with E-state index >= 15 is 0 Å². The number of urea groups is 1. The van der Waals surface area contributed by atoms with Gasteiger partial charge in [0.1, 0.15) is 11.4 Å². The molecule has 3 heterocycles. The molecule has 10 heteroatoms. The summed E-state index contributed by atoms with van der Waals surface area (Å²) in [5.41, 5.74) is 1.41. The summed E-state index contributed by atoms with van der Waals surface area (Å²) in [6.07, 6.45) is 4.69. The Morgan fingerprint density at radius 3 is 2.84 bits per heavy atom. The van der Waals surface area contributed by atoms with Gasteiger partial charge in [-0.25, -0.2) is 4.79 Å². The Hall–Kier alpha value is -2.10. The van der Waals surface area contributed by atoms with Crippen molar-refractivity contribution in [2.75, 3.05) is 5.75 Å². The Kier molecular flexibility index (Phi) is 4.98. The molecule has 2 N–H and O–H groups in total. The summed E-state index contributed by atoms with van der Waals surface area (Å²) in [6, 6.07) is -0.607. The lowest BCUT2D eigenvalue weighted by Crippen LogP contribution is -2.49. The first-order chi connectivity index (χ1) is 11.9. The molecule has 0 bridgehead atoms. The Morgan fingerprint density at radius 2 is 2.12 bits per heavy atom. The summed E-state index contributed by atoms with van der Waals surface area (Å²) in [7, 11) is 0. The summed E-state index contributed by atoms with van der Waals surface area (Å²) in [4.78, 5) is 36.3. The average molecular weight is 366 g/mol. The van der Waals surface area contributed by atoms with Gasteiger partial charge < -0.3 is 9.88 Å². The minimum Gasteiger partial charge on any atom is -0.322 e. The fourth-order valence-electron chi connectivity index (χ4n) is 2.88. The molecule has 1 aromatic heterocycles. The molecule has 2 aliphatic heterocycles. The highest BCUT2D eigenvalue weighted by Gasteiger charge is 2.47. The van der Waals surface area contributed by atoms with E-state index in [0.29, 0.717) is 11.6 Å². The van der Waals surface area contributed by atoms with Crippen LogP contribution in [0.5, 0.6) is 0 Å². The molecule has 1 fully saturated rings. The van der Waals surface area contributed by atoms with Gasteiger partial charge in [-0.05, 0) is 26.2 Å². The van der Waals surface area contributed by atoms with Gasteiger partial charge in [-0.3, -0.25) is 15.0 Å². The molecule has 1 saturated heterocycles. The summed E-state index contributed by atoms with van der Waals surface area (Å²) in [5.74, 6) is 0.126. The number of hydrogen-bond acceptors (Lipinski definition) is 6. The normalized spacial score (nSPS) is 23.2. The van der Waals surface area contributed by atoms with E-state index in [9.17, 15) is 14.4 Å². The van der Waals surface area contributed by atoms with Crippen LogP contribution < -0.4 is 10.7 Å². The molecule has 136 valence electrons. The summed E-state index contributed by atoms with van der Waals surface area (Å²) < 4.78 is 2.05. The highest BCUT2D eigenvalue weighted by atomic mass is 32.2. The van der Waals surface area contributed by atoms with Crippen LogP contribution in [0.2, 0.25) is 0 Å². The van der Waals surface area contributed by atoms with Gasteiger partial charge >= 0.3 is 6.03 Å². The number of aromatic nitrogens is 3. The zero-order valence-electron chi connectivity index (χ0n) is 14.4. The number of nitrogens with one attached hydrogen (secondary N) is 2. The molecule has 1 aromatic rings. The van der Waals surface area contributed by atoms with Gasteiger partial charge in [-0.15, -0.1) is 10.2 Å². The average Bonchev–Trinajstić information content (AvgIpc) is 2.95. The van der Waals surface area contributed by atoms with E-state index in [1.54, 1.807) is 13.8 Å². The Morgan fingerprint density at radius 1 is 1.32 bits per heavy atom. The lowest BCUT2D eigenvalue weighted by molar-refractivity contribution is -0.137. The molecule has 0 radical (unpaired) electrons. The Bertz CT molecular complexity index is 705. The number of thioether (sulfide) groups is 1. The SMILES string of the molecule is CCC1(C)NC(=O)N(NC(=O)CSc2nnc3n2CCCCC3)C1=O. The molecule has 0 spiro atoms. The maximum absolute atomic E-state index is 12.3. The van der Waals surface area contributed by atoms with Gasteiger partial charge in [0.25, 0.3) is 5.91 Å². The maximum Gasteiger partial charge on any atom is 0.344 e. The van der Waals surface area contributed by atoms with Crippen LogP contribution >= 0.6 is 11.8 Å². The number of hydrazine groups is 1. The first kappa shape index (κ1) is 17.7. The van der Waals surface area contributed by atoms with E-state index in [1.807, 2.05) is 4.57 Å². The van der Waals surface area contributed by atoms with Crippen molar-refractivity contribution in [3.05, 3.63) is 5.82 Å². The lowest BCUT2D eigenvalue weighted by atomic mass is 10.00. The van der Waals surface area contributed by atoms with Crippen LogP contribution in [0.3, 0.4) is 0 Å². The van der Waals surface area contributed by atoms with Gasteiger partial charge in [-0.2, -0.15) is 5.01 Å². The monoisotopic (exact) mass is 366 g/mol. The molecular formula is C15H22N6O3S. The van der Waals surface area contributed by atoms with Crippen LogP contribution in [0.15, 0.2) is 5.16 Å². The number of imide groups is 1. The summed E-state index contributed by atoms with van der Waals surface area (Å²) >= 11 is 1.26. The predicted molar refractivity (Wildman–Crippen MR) is 90.5 cm³/mol. The van der Waals surface area contributed by atoms with Crippen molar-refractivity contribution < 1.29 is 14.4 Å². The van der Waals surface area contributed by atoms with Crippen molar-refractivity contribution in [2.45, 2.75) is 63.2 Å². The Balaban J connectivity index is 1.58. The first-order valence-corrected chi connectivity index (χ1v) is 9.44. The Labute approximate surface area is 149 Å². The second-order valence-electron chi connectivity index (χ2n) is 6.44. The molecule has 1 atom stereocenters. The van der Waals surface area contributed by atoms with E-state index in [4.69, 9.17) is 0 Å². The second kappa shape index (κ2) is 7.03. The molecule has 4 amide bonds. The standard InChI is InChI=1S/C15H22N6O3S/c1-3-15(2)12(23)21(13(24)16-15)19-11(22)9-25-14-18-17-10-7-5-4-6-8-20(10)14/h3-9H2,1-2H3,(H,16,24)(H,19,22). The molecular weight excluding hydrogens is 344 g/mol.